The van der Waals surface area contributed by atoms with Crippen molar-refractivity contribution in [1.82, 2.24) is 4.72 Å². The maximum atomic E-state index is 11.8. The van der Waals surface area contributed by atoms with Gasteiger partial charge in [0.25, 0.3) is 0 Å². The molecule has 2 N–H and O–H groups in total. The summed E-state index contributed by atoms with van der Waals surface area (Å²) in [4.78, 5) is 0. The summed E-state index contributed by atoms with van der Waals surface area (Å²) in [5.74, 6) is 0.0617. The van der Waals surface area contributed by atoms with Gasteiger partial charge in [-0.05, 0) is 44.4 Å². The van der Waals surface area contributed by atoms with Crippen LogP contribution in [0.2, 0.25) is 0 Å². The summed E-state index contributed by atoms with van der Waals surface area (Å²) in [5.41, 5.74) is -0.0199. The molecule has 0 aromatic carbocycles. The van der Waals surface area contributed by atoms with E-state index in [1.165, 1.54) is 0 Å². The van der Waals surface area contributed by atoms with E-state index in [9.17, 15) is 13.5 Å². The second-order valence-corrected chi connectivity index (χ2v) is 8.36. The van der Waals surface area contributed by atoms with Crippen LogP contribution >= 0.6 is 0 Å². The van der Waals surface area contributed by atoms with Gasteiger partial charge in [-0.2, -0.15) is 0 Å². The summed E-state index contributed by atoms with van der Waals surface area (Å²) in [6, 6.07) is 0. The Morgan fingerprint density at radius 2 is 1.84 bits per heavy atom. The monoisotopic (exact) mass is 289 g/mol. The van der Waals surface area contributed by atoms with Gasteiger partial charge < -0.3 is 9.84 Å². The molecule has 5 nitrogen and oxygen atoms in total. The number of hydrogen-bond acceptors (Lipinski definition) is 4. The third kappa shape index (κ3) is 2.68. The molecular formula is C13H23NO4S. The van der Waals surface area contributed by atoms with E-state index in [1.807, 2.05) is 0 Å². The van der Waals surface area contributed by atoms with Crippen molar-refractivity contribution >= 4 is 10.0 Å². The van der Waals surface area contributed by atoms with E-state index < -0.39 is 16.1 Å². The molecule has 2 saturated carbocycles. The molecule has 6 heteroatoms. The van der Waals surface area contributed by atoms with Gasteiger partial charge in [0.15, 0.2) is 0 Å². The lowest BCUT2D eigenvalue weighted by Gasteiger charge is -2.37. The molecule has 2 aliphatic carbocycles. The predicted octanol–water partition coefficient (Wildman–Crippen LogP) is 0.636. The molecule has 110 valence electrons. The number of rotatable bonds is 4. The molecule has 0 aromatic heterocycles. The third-order valence-electron chi connectivity index (χ3n) is 5.09. The number of sulfonamides is 1. The van der Waals surface area contributed by atoms with Crippen LogP contribution < -0.4 is 4.72 Å². The molecule has 1 saturated heterocycles. The van der Waals surface area contributed by atoms with Crippen LogP contribution in [0.3, 0.4) is 0 Å². The highest BCUT2D eigenvalue weighted by molar-refractivity contribution is 7.90. The quantitative estimate of drug-likeness (QED) is 0.796. The molecule has 0 bridgehead atoms. The third-order valence-corrected chi connectivity index (χ3v) is 7.00. The Balaban J connectivity index is 1.58. The molecule has 1 spiro atoms. The van der Waals surface area contributed by atoms with Gasteiger partial charge in [0, 0.05) is 25.2 Å². The fourth-order valence-electron chi connectivity index (χ4n) is 3.54. The number of nitrogens with one attached hydrogen (secondary N) is 1. The molecule has 3 rings (SSSR count). The number of aliphatic hydroxyl groups is 1. The lowest BCUT2D eigenvalue weighted by atomic mass is 9.76. The second-order valence-electron chi connectivity index (χ2n) is 6.31. The van der Waals surface area contributed by atoms with Crippen LogP contribution in [0.5, 0.6) is 0 Å². The van der Waals surface area contributed by atoms with Crippen molar-refractivity contribution in [3.63, 3.8) is 0 Å². The number of aliphatic hydroxyl groups excluding tert-OH is 1. The maximum Gasteiger partial charge on any atom is 0.214 e. The summed E-state index contributed by atoms with van der Waals surface area (Å²) in [6.07, 6.45) is 4.88. The first-order valence-corrected chi connectivity index (χ1v) is 8.82. The van der Waals surface area contributed by atoms with Crippen molar-refractivity contribution in [2.24, 2.45) is 11.3 Å². The summed E-state index contributed by atoms with van der Waals surface area (Å²) in [7, 11) is -3.13. The van der Waals surface area contributed by atoms with Gasteiger partial charge >= 0.3 is 0 Å². The van der Waals surface area contributed by atoms with Crippen molar-refractivity contribution < 1.29 is 18.3 Å². The van der Waals surface area contributed by atoms with Crippen molar-refractivity contribution in [3.05, 3.63) is 0 Å². The van der Waals surface area contributed by atoms with E-state index in [0.29, 0.717) is 6.54 Å². The maximum absolute atomic E-state index is 11.8. The van der Waals surface area contributed by atoms with Crippen LogP contribution in [-0.2, 0) is 14.8 Å². The van der Waals surface area contributed by atoms with Crippen molar-refractivity contribution in [2.45, 2.75) is 49.9 Å². The number of ether oxygens (including phenoxy) is 1. The lowest BCUT2D eigenvalue weighted by Crippen LogP contribution is -2.42. The van der Waals surface area contributed by atoms with Gasteiger partial charge in [0.1, 0.15) is 0 Å². The highest BCUT2D eigenvalue weighted by Gasteiger charge is 2.48. The average molecular weight is 289 g/mol. The Labute approximate surface area is 114 Å². The Morgan fingerprint density at radius 1 is 1.16 bits per heavy atom. The molecule has 2 atom stereocenters. The summed E-state index contributed by atoms with van der Waals surface area (Å²) in [6.45, 7) is 1.83. The SMILES string of the molecule is O=S(=O)(NC[C@H]1CCC2(CCOCC2)[C@H]1O)C1CC1. The van der Waals surface area contributed by atoms with Gasteiger partial charge in [0.2, 0.25) is 10.0 Å². The first kappa shape index (κ1) is 13.8. The Morgan fingerprint density at radius 3 is 2.47 bits per heavy atom. The van der Waals surface area contributed by atoms with E-state index in [4.69, 9.17) is 4.74 Å². The van der Waals surface area contributed by atoms with Gasteiger partial charge in [0.05, 0.1) is 11.4 Å². The predicted molar refractivity (Wildman–Crippen MR) is 71.2 cm³/mol. The molecule has 19 heavy (non-hydrogen) atoms. The van der Waals surface area contributed by atoms with Crippen LogP contribution in [0.1, 0.15) is 38.5 Å². The highest BCUT2D eigenvalue weighted by atomic mass is 32.2. The minimum atomic E-state index is -3.13. The summed E-state index contributed by atoms with van der Waals surface area (Å²) >= 11 is 0. The molecule has 3 aliphatic rings. The first-order valence-electron chi connectivity index (χ1n) is 7.28. The largest absolute Gasteiger partial charge is 0.392 e. The van der Waals surface area contributed by atoms with E-state index in [-0.39, 0.29) is 16.6 Å². The van der Waals surface area contributed by atoms with Gasteiger partial charge in [-0.15, -0.1) is 0 Å². The van der Waals surface area contributed by atoms with Crippen molar-refractivity contribution in [1.29, 1.82) is 0 Å². The Kier molecular flexibility index (Phi) is 3.62. The fourth-order valence-corrected chi connectivity index (χ4v) is 4.97. The molecule has 0 unspecified atom stereocenters. The second kappa shape index (κ2) is 4.98. The van der Waals surface area contributed by atoms with Crippen LogP contribution in [0.15, 0.2) is 0 Å². The van der Waals surface area contributed by atoms with Crippen LogP contribution in [-0.4, -0.2) is 44.6 Å². The van der Waals surface area contributed by atoms with E-state index >= 15 is 0 Å². The molecule has 3 fully saturated rings. The lowest BCUT2D eigenvalue weighted by molar-refractivity contribution is -0.0552. The van der Waals surface area contributed by atoms with Gasteiger partial charge in [-0.1, -0.05) is 0 Å². The van der Waals surface area contributed by atoms with Crippen LogP contribution in [0.4, 0.5) is 0 Å². The minimum absolute atomic E-state index is 0.0199. The Bertz CT molecular complexity index is 426. The van der Waals surface area contributed by atoms with E-state index in [0.717, 1.165) is 51.7 Å². The fraction of sp³-hybridized carbons (Fsp3) is 1.00. The molecule has 0 radical (unpaired) electrons. The van der Waals surface area contributed by atoms with Crippen molar-refractivity contribution in [3.8, 4) is 0 Å². The van der Waals surface area contributed by atoms with Crippen molar-refractivity contribution in [2.75, 3.05) is 19.8 Å². The smallest absolute Gasteiger partial charge is 0.214 e. The highest BCUT2D eigenvalue weighted by Crippen LogP contribution is 2.48. The molecule has 0 amide bonds. The summed E-state index contributed by atoms with van der Waals surface area (Å²) < 4.78 is 31.7. The molecule has 0 aromatic rings. The standard InChI is InChI=1S/C13H23NO4S/c15-12-10(9-14-19(16,17)11-1-2-11)3-4-13(12)5-7-18-8-6-13/h10-12,14-15H,1-9H2/t10-,12+/m1/s1. The Hall–Kier alpha value is -0.170. The van der Waals surface area contributed by atoms with Crippen LogP contribution in [0.25, 0.3) is 0 Å². The van der Waals surface area contributed by atoms with Gasteiger partial charge in [-0.25, -0.2) is 13.1 Å². The van der Waals surface area contributed by atoms with Crippen LogP contribution in [0, 0.1) is 11.3 Å². The zero-order chi connectivity index (χ0) is 13.5. The van der Waals surface area contributed by atoms with Gasteiger partial charge in [-0.3, -0.25) is 0 Å². The average Bonchev–Trinajstić information content (AvgIpc) is 3.20. The molecule has 1 heterocycles. The number of hydrogen-bond donors (Lipinski definition) is 2. The molecular weight excluding hydrogens is 266 g/mol. The normalized spacial score (nSPS) is 34.8. The zero-order valence-electron chi connectivity index (χ0n) is 11.2. The van der Waals surface area contributed by atoms with E-state index in [1.54, 1.807) is 0 Å². The topological polar surface area (TPSA) is 75.6 Å². The molecule has 1 aliphatic heterocycles. The van der Waals surface area contributed by atoms with E-state index in [2.05, 4.69) is 4.72 Å². The minimum Gasteiger partial charge on any atom is -0.392 e. The zero-order valence-corrected chi connectivity index (χ0v) is 12.0. The first-order chi connectivity index (χ1) is 9.04. The summed E-state index contributed by atoms with van der Waals surface area (Å²) in [5, 5.41) is 10.3.